The summed E-state index contributed by atoms with van der Waals surface area (Å²) in [6.07, 6.45) is -0.620. The third-order valence-electron chi connectivity index (χ3n) is 4.41. The van der Waals surface area contributed by atoms with Crippen LogP contribution in [-0.2, 0) is 58.5 Å². The molecule has 7 nitrogen and oxygen atoms in total. The van der Waals surface area contributed by atoms with Crippen molar-refractivity contribution < 1.29 is 56.7 Å². The maximum absolute atomic E-state index is 11.8. The zero-order valence-electron chi connectivity index (χ0n) is 16.5. The second-order valence-electron chi connectivity index (χ2n) is 6.17. The van der Waals surface area contributed by atoms with Gasteiger partial charge in [0.1, 0.15) is 12.2 Å². The second kappa shape index (κ2) is 9.78. The van der Waals surface area contributed by atoms with E-state index in [1.807, 2.05) is 39.8 Å². The molecule has 0 spiro atoms. The molecule has 1 amide bonds. The first-order valence-electron chi connectivity index (χ1n) is 7.64. The van der Waals surface area contributed by atoms with Gasteiger partial charge in [-0.05, 0) is 33.8 Å². The van der Waals surface area contributed by atoms with Crippen LogP contribution in [0.15, 0.2) is 29.4 Å². The third-order valence-corrected chi connectivity index (χ3v) is 4.41. The van der Waals surface area contributed by atoms with Crippen LogP contribution in [0.3, 0.4) is 0 Å². The first-order valence-corrected chi connectivity index (χ1v) is 7.64. The topological polar surface area (TPSA) is 72.9 Å². The number of carbonyl (C=O) groups excluding carboxylic acids is 1. The molecular formula is C18H27N2O5Y-. The molecule has 0 N–H and O–H groups in total. The van der Waals surface area contributed by atoms with Crippen molar-refractivity contribution in [3.05, 3.63) is 37.3 Å². The molecule has 0 saturated carbocycles. The standard InChI is InChI=1S/C17H24N2O5.CH3.Y/c1-12(17(4)16(2,3)24-17)18-23-11-13-9-7-8-10-14(13)19(22-6)15(20)21-5;;/h7-10H,11H2,1-6H3;1H3;/q;-1;/b18-12+;;. The predicted octanol–water partition coefficient (Wildman–Crippen LogP) is 3.73. The number of carbonyl (C=O) groups is 1. The largest absolute Gasteiger partial charge is 0.451 e. The summed E-state index contributed by atoms with van der Waals surface area (Å²) in [5.74, 6) is 0. The van der Waals surface area contributed by atoms with Crippen molar-refractivity contribution in [3.63, 3.8) is 0 Å². The Labute approximate surface area is 180 Å². The summed E-state index contributed by atoms with van der Waals surface area (Å²) in [4.78, 5) is 22.3. The van der Waals surface area contributed by atoms with E-state index in [4.69, 9.17) is 19.1 Å². The molecule has 1 aromatic rings. The number of epoxide rings is 1. The molecule has 1 atom stereocenters. The fourth-order valence-corrected chi connectivity index (χ4v) is 2.47. The summed E-state index contributed by atoms with van der Waals surface area (Å²) in [5, 5.41) is 5.22. The van der Waals surface area contributed by atoms with E-state index >= 15 is 0 Å². The number of oxime groups is 1. The molecule has 0 aliphatic carbocycles. The van der Waals surface area contributed by atoms with Crippen LogP contribution in [0.4, 0.5) is 10.5 Å². The molecule has 0 bridgehead atoms. The van der Waals surface area contributed by atoms with E-state index in [-0.39, 0.29) is 52.3 Å². The van der Waals surface area contributed by atoms with Crippen LogP contribution in [0.1, 0.15) is 33.3 Å². The van der Waals surface area contributed by atoms with Crippen molar-refractivity contribution >= 4 is 17.5 Å². The molecule has 1 unspecified atom stereocenters. The summed E-state index contributed by atoms with van der Waals surface area (Å²) in [6.45, 7) is 8.05. The van der Waals surface area contributed by atoms with Crippen molar-refractivity contribution in [2.45, 2.75) is 45.5 Å². The average molecular weight is 440 g/mol. The number of methoxy groups -OCH3 is 1. The van der Waals surface area contributed by atoms with E-state index in [0.717, 1.165) is 16.3 Å². The number of nitrogens with zero attached hydrogens (tertiary/aromatic N) is 2. The zero-order valence-corrected chi connectivity index (χ0v) is 19.4. The minimum absolute atomic E-state index is 0. The summed E-state index contributed by atoms with van der Waals surface area (Å²) >= 11 is 0. The van der Waals surface area contributed by atoms with Crippen molar-refractivity contribution in [2.24, 2.45) is 5.16 Å². The van der Waals surface area contributed by atoms with Crippen LogP contribution in [0.5, 0.6) is 0 Å². The number of rotatable bonds is 6. The predicted molar refractivity (Wildman–Crippen MR) is 96.2 cm³/mol. The van der Waals surface area contributed by atoms with Gasteiger partial charge in [-0.3, -0.25) is 4.84 Å². The van der Waals surface area contributed by atoms with Crippen LogP contribution in [0.25, 0.3) is 0 Å². The van der Waals surface area contributed by atoms with Crippen molar-refractivity contribution in [2.75, 3.05) is 19.3 Å². The average Bonchev–Trinajstić information content (AvgIpc) is 3.08. The number of hydrogen-bond donors (Lipinski definition) is 0. The Balaban J connectivity index is 0.00000312. The van der Waals surface area contributed by atoms with Crippen molar-refractivity contribution in [3.8, 4) is 0 Å². The Hall–Kier alpha value is -1.02. The molecule has 1 aliphatic heterocycles. The van der Waals surface area contributed by atoms with Gasteiger partial charge in [0, 0.05) is 38.3 Å². The maximum Gasteiger partial charge on any atom is 0.438 e. The molecule has 1 saturated heterocycles. The number of hydrogen-bond acceptors (Lipinski definition) is 6. The summed E-state index contributed by atoms with van der Waals surface area (Å²) < 4.78 is 10.4. The van der Waals surface area contributed by atoms with Gasteiger partial charge in [-0.15, -0.1) is 0 Å². The second-order valence-corrected chi connectivity index (χ2v) is 6.17. The van der Waals surface area contributed by atoms with Gasteiger partial charge < -0.3 is 21.7 Å². The van der Waals surface area contributed by atoms with E-state index < -0.39 is 11.7 Å². The van der Waals surface area contributed by atoms with Gasteiger partial charge >= 0.3 is 6.09 Å². The van der Waals surface area contributed by atoms with Gasteiger partial charge in [0.15, 0.2) is 0 Å². The minimum atomic E-state index is -0.620. The van der Waals surface area contributed by atoms with E-state index in [1.54, 1.807) is 12.1 Å². The molecule has 26 heavy (non-hydrogen) atoms. The Morgan fingerprint density at radius 3 is 2.31 bits per heavy atom. The first-order chi connectivity index (χ1) is 11.3. The van der Waals surface area contributed by atoms with Gasteiger partial charge in [0.25, 0.3) is 0 Å². The molecule has 1 aliphatic rings. The fraction of sp³-hybridized carbons (Fsp3) is 0.500. The maximum atomic E-state index is 11.8. The molecule has 8 heteroatoms. The molecule has 1 radical (unpaired) electrons. The van der Waals surface area contributed by atoms with E-state index in [2.05, 4.69) is 5.16 Å². The summed E-state index contributed by atoms with van der Waals surface area (Å²) in [5.41, 5.74) is 1.40. The van der Waals surface area contributed by atoms with Gasteiger partial charge in [-0.1, -0.05) is 23.4 Å². The smallest absolute Gasteiger partial charge is 0.438 e. The molecular weight excluding hydrogens is 413 g/mol. The number of anilines is 1. The van der Waals surface area contributed by atoms with Gasteiger partial charge in [-0.25, -0.2) is 4.79 Å². The summed E-state index contributed by atoms with van der Waals surface area (Å²) in [7, 11) is 2.68. The van der Waals surface area contributed by atoms with Gasteiger partial charge in [0.2, 0.25) is 0 Å². The van der Waals surface area contributed by atoms with Gasteiger partial charge in [0.05, 0.1) is 31.2 Å². The first kappa shape index (κ1) is 25.0. The van der Waals surface area contributed by atoms with Crippen LogP contribution in [0, 0.1) is 7.43 Å². The fourth-order valence-electron chi connectivity index (χ4n) is 2.47. The number of amides is 1. The third kappa shape index (κ3) is 5.03. The van der Waals surface area contributed by atoms with Crippen LogP contribution in [-0.4, -0.2) is 37.2 Å². The molecule has 1 heterocycles. The minimum Gasteiger partial charge on any atom is -0.451 e. The van der Waals surface area contributed by atoms with E-state index in [0.29, 0.717) is 5.69 Å². The Kier molecular flexibility index (Phi) is 9.40. The number of ether oxygens (including phenoxy) is 2. The van der Waals surface area contributed by atoms with Crippen LogP contribution in [0.2, 0.25) is 0 Å². The Morgan fingerprint density at radius 1 is 1.23 bits per heavy atom. The zero-order chi connectivity index (χ0) is 18.0. The van der Waals surface area contributed by atoms with Gasteiger partial charge in [-0.2, -0.15) is 5.06 Å². The molecule has 1 fully saturated rings. The molecule has 143 valence electrons. The number of para-hydroxylation sites is 1. The Morgan fingerprint density at radius 2 is 1.81 bits per heavy atom. The molecule has 0 aromatic heterocycles. The normalized spacial score (nSPS) is 20.3. The van der Waals surface area contributed by atoms with Crippen LogP contribution < -0.4 is 5.06 Å². The molecule has 1 aromatic carbocycles. The van der Waals surface area contributed by atoms with Crippen molar-refractivity contribution in [1.82, 2.24) is 0 Å². The summed E-state index contributed by atoms with van der Waals surface area (Å²) in [6, 6.07) is 7.21. The Bertz CT molecular complexity index is 650. The van der Waals surface area contributed by atoms with E-state index in [9.17, 15) is 4.79 Å². The van der Waals surface area contributed by atoms with Crippen molar-refractivity contribution in [1.29, 1.82) is 0 Å². The van der Waals surface area contributed by atoms with Crippen LogP contribution >= 0.6 is 0 Å². The van der Waals surface area contributed by atoms with E-state index in [1.165, 1.54) is 14.2 Å². The number of benzene rings is 1. The number of hydroxylamine groups is 1. The molecule has 2 rings (SSSR count). The SMILES string of the molecule is COC(=O)N(OC)c1ccccc1CO/N=C(\C)C1(C)OC1(C)C.[CH3-].[Y]. The quantitative estimate of drug-likeness (QED) is 0.292. The monoisotopic (exact) mass is 440 g/mol.